The third-order valence-electron chi connectivity index (χ3n) is 4.27. The van der Waals surface area contributed by atoms with E-state index in [1.807, 2.05) is 13.0 Å². The van der Waals surface area contributed by atoms with Crippen LogP contribution in [-0.4, -0.2) is 40.5 Å². The Morgan fingerprint density at radius 2 is 2.12 bits per heavy atom. The molecule has 1 aliphatic heterocycles. The Morgan fingerprint density at radius 3 is 2.71 bits per heavy atom. The second-order valence-corrected chi connectivity index (χ2v) is 6.04. The molecule has 1 heterocycles. The summed E-state index contributed by atoms with van der Waals surface area (Å²) in [6.45, 7) is 3.78. The van der Waals surface area contributed by atoms with Crippen molar-refractivity contribution in [3.8, 4) is 0 Å². The van der Waals surface area contributed by atoms with Crippen LogP contribution in [0.1, 0.15) is 46.0 Å². The quantitative estimate of drug-likeness (QED) is 0.221. The molecule has 6 N–H and O–H groups in total. The molecular weight excluding hydrogens is 306 g/mol. The topological polar surface area (TPSA) is 114 Å². The lowest BCUT2D eigenvalue weighted by atomic mass is 9.94. The molecule has 0 aromatic carbocycles. The molecule has 0 spiro atoms. The molecule has 6 heteroatoms. The monoisotopic (exact) mass is 337 g/mol. The Morgan fingerprint density at radius 1 is 1.38 bits per heavy atom. The fourth-order valence-corrected chi connectivity index (χ4v) is 2.55. The lowest BCUT2D eigenvalue weighted by Gasteiger charge is -2.28. The molecule has 0 radical (unpaired) electrons. The zero-order chi connectivity index (χ0) is 18.0. The maximum absolute atomic E-state index is 10.1. The van der Waals surface area contributed by atoms with Gasteiger partial charge in [-0.1, -0.05) is 38.8 Å². The van der Waals surface area contributed by atoms with Crippen molar-refractivity contribution in [2.45, 2.75) is 63.8 Å². The van der Waals surface area contributed by atoms with Crippen LogP contribution in [0.4, 0.5) is 0 Å². The molecule has 1 saturated heterocycles. The van der Waals surface area contributed by atoms with Gasteiger partial charge in [0, 0.05) is 18.3 Å². The minimum atomic E-state index is -0.920. The van der Waals surface area contributed by atoms with Gasteiger partial charge in [0.05, 0.1) is 12.7 Å². The van der Waals surface area contributed by atoms with Crippen molar-refractivity contribution in [3.05, 3.63) is 36.2 Å². The Kier molecular flexibility index (Phi) is 8.74. The van der Waals surface area contributed by atoms with E-state index in [9.17, 15) is 10.2 Å². The van der Waals surface area contributed by atoms with Crippen molar-refractivity contribution >= 4 is 5.84 Å². The van der Waals surface area contributed by atoms with Gasteiger partial charge in [-0.2, -0.15) is 0 Å². The van der Waals surface area contributed by atoms with Crippen molar-refractivity contribution in [2.75, 3.05) is 6.61 Å². The van der Waals surface area contributed by atoms with Crippen LogP contribution < -0.4 is 11.5 Å². The standard InChI is InChI=1S/C18H31N3O3/c1-3-5-6-7-11-21-17(20)10-8-9-14(19)15-12-16(23)18(4-2,13-22)24-15/h7-11,15-16,22-23H,3-6,12-13,19H2,1-2H3,(H2,20,21)/b10-8+,11-7+,14-9-/t15-,16+,18-/m1/s1. The first-order chi connectivity index (χ1) is 11.5. The summed E-state index contributed by atoms with van der Waals surface area (Å²) in [6, 6.07) is 0. The van der Waals surface area contributed by atoms with Gasteiger partial charge in [0.2, 0.25) is 0 Å². The van der Waals surface area contributed by atoms with Gasteiger partial charge in [-0.05, 0) is 25.0 Å². The van der Waals surface area contributed by atoms with Crippen LogP contribution in [0.15, 0.2) is 41.2 Å². The van der Waals surface area contributed by atoms with Crippen molar-refractivity contribution < 1.29 is 14.9 Å². The van der Waals surface area contributed by atoms with E-state index in [-0.39, 0.29) is 6.61 Å². The smallest absolute Gasteiger partial charge is 0.123 e. The molecule has 24 heavy (non-hydrogen) atoms. The number of unbranched alkanes of at least 4 members (excludes halogenated alkanes) is 2. The highest BCUT2D eigenvalue weighted by Gasteiger charge is 2.46. The van der Waals surface area contributed by atoms with Gasteiger partial charge < -0.3 is 26.4 Å². The Balaban J connectivity index is 2.58. The second-order valence-electron chi connectivity index (χ2n) is 6.04. The molecule has 0 aromatic heterocycles. The summed E-state index contributed by atoms with van der Waals surface area (Å²) in [4.78, 5) is 4.10. The Bertz CT molecular complexity index is 494. The van der Waals surface area contributed by atoms with E-state index in [0.29, 0.717) is 24.4 Å². The van der Waals surface area contributed by atoms with Crippen molar-refractivity contribution in [2.24, 2.45) is 16.5 Å². The highest BCUT2D eigenvalue weighted by atomic mass is 16.5. The van der Waals surface area contributed by atoms with E-state index in [2.05, 4.69) is 11.9 Å². The van der Waals surface area contributed by atoms with Crippen LogP contribution in [0.2, 0.25) is 0 Å². The van der Waals surface area contributed by atoms with Crippen LogP contribution in [0.5, 0.6) is 0 Å². The van der Waals surface area contributed by atoms with E-state index in [1.54, 1.807) is 24.4 Å². The van der Waals surface area contributed by atoms with Crippen molar-refractivity contribution in [1.82, 2.24) is 0 Å². The third kappa shape index (κ3) is 5.78. The van der Waals surface area contributed by atoms with Crippen molar-refractivity contribution in [3.63, 3.8) is 0 Å². The van der Waals surface area contributed by atoms with E-state index >= 15 is 0 Å². The van der Waals surface area contributed by atoms with Gasteiger partial charge in [-0.15, -0.1) is 0 Å². The summed E-state index contributed by atoms with van der Waals surface area (Å²) in [7, 11) is 0. The number of ether oxygens (including phenoxy) is 1. The number of hydrogen-bond acceptors (Lipinski definition) is 5. The fourth-order valence-electron chi connectivity index (χ4n) is 2.55. The number of rotatable bonds is 9. The fraction of sp³-hybridized carbons (Fsp3) is 0.611. The lowest BCUT2D eigenvalue weighted by molar-refractivity contribution is -0.106. The summed E-state index contributed by atoms with van der Waals surface area (Å²) >= 11 is 0. The summed E-state index contributed by atoms with van der Waals surface area (Å²) < 4.78 is 5.78. The summed E-state index contributed by atoms with van der Waals surface area (Å²) in [5, 5.41) is 19.6. The molecule has 6 nitrogen and oxygen atoms in total. The van der Waals surface area contributed by atoms with Gasteiger partial charge in [0.1, 0.15) is 17.5 Å². The molecule has 0 bridgehead atoms. The highest BCUT2D eigenvalue weighted by molar-refractivity contribution is 5.92. The zero-order valence-corrected chi connectivity index (χ0v) is 14.7. The number of nitrogens with zero attached hydrogens (tertiary/aromatic N) is 1. The van der Waals surface area contributed by atoms with Crippen LogP contribution in [0.25, 0.3) is 0 Å². The molecule has 3 atom stereocenters. The SMILES string of the molecule is CCCC/C=C/N=C(N)/C=C/C=C(\N)[C@H]1C[C@H](O)[C@@](CC)(CO)O1. The molecule has 1 rings (SSSR count). The van der Waals surface area contributed by atoms with E-state index in [1.165, 1.54) is 0 Å². The van der Waals surface area contributed by atoms with Crippen LogP contribution >= 0.6 is 0 Å². The normalized spacial score (nSPS) is 29.2. The molecule has 1 fully saturated rings. The molecule has 0 unspecified atom stereocenters. The summed E-state index contributed by atoms with van der Waals surface area (Å²) in [6.07, 6.45) is 11.8. The molecule has 0 aromatic rings. The molecule has 136 valence electrons. The largest absolute Gasteiger partial charge is 0.400 e. The first-order valence-corrected chi connectivity index (χ1v) is 8.57. The first-order valence-electron chi connectivity index (χ1n) is 8.57. The number of aliphatic hydroxyl groups excluding tert-OH is 2. The van der Waals surface area contributed by atoms with E-state index in [4.69, 9.17) is 16.2 Å². The Labute approximate surface area is 144 Å². The third-order valence-corrected chi connectivity index (χ3v) is 4.27. The van der Waals surface area contributed by atoms with Crippen LogP contribution in [0, 0.1) is 0 Å². The predicted octanol–water partition coefficient (Wildman–Crippen LogP) is 1.74. The minimum Gasteiger partial charge on any atom is -0.400 e. The molecular formula is C18H31N3O3. The number of aliphatic imine (C=N–C) groups is 1. The molecule has 0 aliphatic carbocycles. The number of allylic oxidation sites excluding steroid dienone is 3. The van der Waals surface area contributed by atoms with Crippen LogP contribution in [-0.2, 0) is 4.74 Å². The highest BCUT2D eigenvalue weighted by Crippen LogP contribution is 2.35. The lowest BCUT2D eigenvalue weighted by Crippen LogP contribution is -2.42. The Hall–Kier alpha value is -1.63. The predicted molar refractivity (Wildman–Crippen MR) is 97.3 cm³/mol. The van der Waals surface area contributed by atoms with Gasteiger partial charge in [-0.3, -0.25) is 0 Å². The minimum absolute atomic E-state index is 0.228. The van der Waals surface area contributed by atoms with Gasteiger partial charge in [-0.25, -0.2) is 4.99 Å². The number of amidine groups is 1. The van der Waals surface area contributed by atoms with E-state index in [0.717, 1.165) is 19.3 Å². The van der Waals surface area contributed by atoms with Gasteiger partial charge in [0.15, 0.2) is 0 Å². The first kappa shape index (κ1) is 20.4. The second kappa shape index (κ2) is 10.3. The van der Waals surface area contributed by atoms with Crippen molar-refractivity contribution in [1.29, 1.82) is 0 Å². The number of aliphatic hydroxyl groups is 2. The summed E-state index contributed by atoms with van der Waals surface area (Å²) in [5.41, 5.74) is 11.4. The maximum Gasteiger partial charge on any atom is 0.123 e. The molecule has 0 saturated carbocycles. The van der Waals surface area contributed by atoms with E-state index < -0.39 is 17.8 Å². The molecule has 1 aliphatic rings. The average Bonchev–Trinajstić information content (AvgIpc) is 2.92. The summed E-state index contributed by atoms with van der Waals surface area (Å²) in [5.74, 6) is 0.387. The molecule has 0 amide bonds. The number of nitrogens with two attached hydrogens (primary N) is 2. The van der Waals surface area contributed by atoms with Gasteiger partial charge in [0.25, 0.3) is 0 Å². The zero-order valence-electron chi connectivity index (χ0n) is 14.7. The maximum atomic E-state index is 10.1. The van der Waals surface area contributed by atoms with Crippen LogP contribution in [0.3, 0.4) is 0 Å². The van der Waals surface area contributed by atoms with Gasteiger partial charge >= 0.3 is 0 Å². The number of hydrogen-bond donors (Lipinski definition) is 4. The average molecular weight is 337 g/mol.